The number of alkyl halides is 3. The van der Waals surface area contributed by atoms with E-state index in [1.807, 2.05) is 31.2 Å². The van der Waals surface area contributed by atoms with E-state index in [2.05, 4.69) is 5.32 Å². The molecule has 0 aliphatic rings. The monoisotopic (exact) mass is 329 g/mol. The maximum atomic E-state index is 12.4. The van der Waals surface area contributed by atoms with Gasteiger partial charge in [-0.25, -0.2) is 8.42 Å². The summed E-state index contributed by atoms with van der Waals surface area (Å²) in [7, 11) is -5.29. The summed E-state index contributed by atoms with van der Waals surface area (Å²) in [5.74, 6) is 0. The van der Waals surface area contributed by atoms with Gasteiger partial charge in [-0.05, 0) is 36.8 Å². The van der Waals surface area contributed by atoms with E-state index in [1.54, 1.807) is 0 Å². The van der Waals surface area contributed by atoms with Gasteiger partial charge in [0, 0.05) is 12.2 Å². The second kappa shape index (κ2) is 6.00. The van der Waals surface area contributed by atoms with Crippen molar-refractivity contribution in [1.29, 1.82) is 0 Å². The molecule has 2 aromatic carbocycles. The molecule has 0 radical (unpaired) electrons. The first kappa shape index (κ1) is 16.4. The van der Waals surface area contributed by atoms with Crippen molar-refractivity contribution in [2.24, 2.45) is 0 Å². The molecule has 0 saturated heterocycles. The van der Waals surface area contributed by atoms with Gasteiger partial charge in [-0.15, -0.1) is 0 Å². The Bertz CT molecular complexity index is 736. The van der Waals surface area contributed by atoms with Crippen LogP contribution >= 0.6 is 0 Å². The van der Waals surface area contributed by atoms with Crippen molar-refractivity contribution < 1.29 is 21.6 Å². The van der Waals surface area contributed by atoms with Gasteiger partial charge in [0.05, 0.1) is 4.90 Å². The van der Waals surface area contributed by atoms with Crippen LogP contribution in [0.4, 0.5) is 18.9 Å². The summed E-state index contributed by atoms with van der Waals surface area (Å²) < 4.78 is 59.7. The third-order valence-electron chi connectivity index (χ3n) is 3.09. The van der Waals surface area contributed by atoms with Crippen LogP contribution in [0, 0.1) is 6.92 Å². The summed E-state index contributed by atoms with van der Waals surface area (Å²) in [6, 6.07) is 12.3. The van der Waals surface area contributed by atoms with Gasteiger partial charge in [-0.3, -0.25) is 0 Å². The smallest absolute Gasteiger partial charge is 0.381 e. The summed E-state index contributed by atoms with van der Waals surface area (Å²) in [6.45, 7) is 2.46. The van der Waals surface area contributed by atoms with Gasteiger partial charge in [0.15, 0.2) is 0 Å². The van der Waals surface area contributed by atoms with Crippen molar-refractivity contribution in [3.8, 4) is 0 Å². The number of halogens is 3. The first-order valence-corrected chi connectivity index (χ1v) is 7.89. The van der Waals surface area contributed by atoms with E-state index in [4.69, 9.17) is 0 Å². The Morgan fingerprint density at radius 2 is 1.50 bits per heavy atom. The fraction of sp³-hybridized carbons (Fsp3) is 0.200. The van der Waals surface area contributed by atoms with E-state index in [0.717, 1.165) is 23.3 Å². The third kappa shape index (κ3) is 3.59. The predicted octanol–water partition coefficient (Wildman–Crippen LogP) is 3.90. The summed E-state index contributed by atoms with van der Waals surface area (Å²) >= 11 is 0. The first-order chi connectivity index (χ1) is 10.2. The minimum Gasteiger partial charge on any atom is -0.381 e. The highest BCUT2D eigenvalue weighted by Gasteiger charge is 2.46. The zero-order valence-electron chi connectivity index (χ0n) is 11.7. The quantitative estimate of drug-likeness (QED) is 0.925. The lowest BCUT2D eigenvalue weighted by molar-refractivity contribution is -0.0436. The Kier molecular flexibility index (Phi) is 4.46. The molecule has 0 saturated carbocycles. The van der Waals surface area contributed by atoms with Gasteiger partial charge in [0.2, 0.25) is 0 Å². The molecule has 0 aliphatic heterocycles. The molecule has 3 nitrogen and oxygen atoms in total. The van der Waals surface area contributed by atoms with Crippen LogP contribution in [-0.2, 0) is 16.4 Å². The van der Waals surface area contributed by atoms with Crippen LogP contribution in [0.15, 0.2) is 53.4 Å². The second-order valence-electron chi connectivity index (χ2n) is 4.81. The number of anilines is 1. The molecule has 118 valence electrons. The van der Waals surface area contributed by atoms with Gasteiger partial charge in [0.25, 0.3) is 9.84 Å². The lowest BCUT2D eigenvalue weighted by Crippen LogP contribution is -2.23. The fourth-order valence-electron chi connectivity index (χ4n) is 1.80. The van der Waals surface area contributed by atoms with E-state index in [0.29, 0.717) is 12.2 Å². The zero-order valence-corrected chi connectivity index (χ0v) is 12.5. The molecular weight excluding hydrogens is 315 g/mol. The zero-order chi connectivity index (χ0) is 16.4. The molecule has 22 heavy (non-hydrogen) atoms. The van der Waals surface area contributed by atoms with Crippen molar-refractivity contribution in [3.05, 3.63) is 59.7 Å². The highest BCUT2D eigenvalue weighted by molar-refractivity contribution is 7.92. The van der Waals surface area contributed by atoms with Crippen LogP contribution in [0.5, 0.6) is 0 Å². The standard InChI is InChI=1S/C15H14F3NO2S/c1-11-2-4-12(5-3-11)10-19-13-6-8-14(9-7-13)22(20,21)15(16,17)18/h2-9,19H,10H2,1H3. The molecule has 0 spiro atoms. The Labute approximate surface area is 126 Å². The molecule has 1 N–H and O–H groups in total. The average Bonchev–Trinajstić information content (AvgIpc) is 2.46. The predicted molar refractivity (Wildman–Crippen MR) is 78.2 cm³/mol. The Hall–Kier alpha value is -2.02. The van der Waals surface area contributed by atoms with Crippen molar-refractivity contribution in [2.75, 3.05) is 5.32 Å². The van der Waals surface area contributed by atoms with Crippen LogP contribution in [0.1, 0.15) is 11.1 Å². The highest BCUT2D eigenvalue weighted by atomic mass is 32.2. The molecule has 2 aromatic rings. The molecule has 0 atom stereocenters. The largest absolute Gasteiger partial charge is 0.501 e. The van der Waals surface area contributed by atoms with E-state index in [-0.39, 0.29) is 0 Å². The highest BCUT2D eigenvalue weighted by Crippen LogP contribution is 2.30. The summed E-state index contributed by atoms with van der Waals surface area (Å²) in [5.41, 5.74) is -2.60. The molecule has 0 aromatic heterocycles. The topological polar surface area (TPSA) is 46.2 Å². The van der Waals surface area contributed by atoms with E-state index < -0.39 is 20.2 Å². The molecule has 7 heteroatoms. The van der Waals surface area contributed by atoms with Gasteiger partial charge in [-0.2, -0.15) is 13.2 Å². The summed E-state index contributed by atoms with van der Waals surface area (Å²) in [4.78, 5) is -0.763. The van der Waals surface area contributed by atoms with Crippen molar-refractivity contribution >= 4 is 15.5 Å². The number of sulfone groups is 1. The van der Waals surface area contributed by atoms with Gasteiger partial charge >= 0.3 is 5.51 Å². The summed E-state index contributed by atoms with van der Waals surface area (Å²) in [5, 5.41) is 3.02. The van der Waals surface area contributed by atoms with Gasteiger partial charge in [-0.1, -0.05) is 29.8 Å². The maximum absolute atomic E-state index is 12.4. The van der Waals surface area contributed by atoms with Crippen LogP contribution in [0.25, 0.3) is 0 Å². The minimum atomic E-state index is -5.29. The molecule has 0 aliphatic carbocycles. The van der Waals surface area contributed by atoms with Crippen LogP contribution in [0.3, 0.4) is 0 Å². The van der Waals surface area contributed by atoms with Crippen molar-refractivity contribution in [2.45, 2.75) is 23.9 Å². The van der Waals surface area contributed by atoms with E-state index in [9.17, 15) is 21.6 Å². The number of benzene rings is 2. The van der Waals surface area contributed by atoms with Gasteiger partial charge in [0.1, 0.15) is 0 Å². The molecule has 0 amide bonds. The molecule has 0 unspecified atom stereocenters. The third-order valence-corrected chi connectivity index (χ3v) is 4.59. The Morgan fingerprint density at radius 1 is 0.955 bits per heavy atom. The summed E-state index contributed by atoms with van der Waals surface area (Å²) in [6.07, 6.45) is 0. The number of nitrogens with one attached hydrogen (secondary N) is 1. The molecule has 0 fully saturated rings. The number of aryl methyl sites for hydroxylation is 1. The minimum absolute atomic E-state index is 0.492. The van der Waals surface area contributed by atoms with Crippen molar-refractivity contribution in [3.63, 3.8) is 0 Å². The number of hydrogen-bond donors (Lipinski definition) is 1. The lowest BCUT2D eigenvalue weighted by atomic mass is 10.1. The van der Waals surface area contributed by atoms with Crippen LogP contribution in [-0.4, -0.2) is 13.9 Å². The van der Waals surface area contributed by atoms with E-state index >= 15 is 0 Å². The van der Waals surface area contributed by atoms with Crippen LogP contribution < -0.4 is 5.32 Å². The van der Waals surface area contributed by atoms with Crippen LogP contribution in [0.2, 0.25) is 0 Å². The molecule has 0 heterocycles. The average molecular weight is 329 g/mol. The molecule has 0 bridgehead atoms. The lowest BCUT2D eigenvalue weighted by Gasteiger charge is -2.10. The second-order valence-corrected chi connectivity index (χ2v) is 6.75. The number of hydrogen-bond acceptors (Lipinski definition) is 3. The number of rotatable bonds is 4. The molecule has 2 rings (SSSR count). The maximum Gasteiger partial charge on any atom is 0.501 e. The Morgan fingerprint density at radius 3 is 2.00 bits per heavy atom. The molecular formula is C15H14F3NO2S. The fourth-order valence-corrected chi connectivity index (χ4v) is 2.56. The normalized spacial score (nSPS) is 12.2. The SMILES string of the molecule is Cc1ccc(CNc2ccc(S(=O)(=O)C(F)(F)F)cc2)cc1. The van der Waals surface area contributed by atoms with E-state index in [1.165, 1.54) is 12.1 Å². The Balaban J connectivity index is 2.08. The van der Waals surface area contributed by atoms with Crippen molar-refractivity contribution in [1.82, 2.24) is 0 Å². The van der Waals surface area contributed by atoms with Gasteiger partial charge < -0.3 is 5.32 Å². The first-order valence-electron chi connectivity index (χ1n) is 6.41.